The number of hydrogen-bond acceptors (Lipinski definition) is 7. The molecule has 1 aromatic carbocycles. The van der Waals surface area contributed by atoms with Crippen LogP contribution in [0, 0.1) is 6.92 Å². The smallest absolute Gasteiger partial charge is 0.361 e. The zero-order valence-corrected chi connectivity index (χ0v) is 16.8. The molecule has 8 heteroatoms. The maximum absolute atomic E-state index is 13.2. The van der Waals surface area contributed by atoms with Crippen LogP contribution in [0.15, 0.2) is 48.6 Å². The molecule has 0 bridgehead atoms. The Bertz CT molecular complexity index is 716. The largest absolute Gasteiger partial charge is 0.460 e. The molecule has 27 heavy (non-hydrogen) atoms. The summed E-state index contributed by atoms with van der Waals surface area (Å²) < 4.78 is 34.0. The van der Waals surface area contributed by atoms with Crippen LogP contribution < -0.4 is 5.30 Å². The Kier molecular flexibility index (Phi) is 9.15. The van der Waals surface area contributed by atoms with E-state index in [0.717, 1.165) is 5.56 Å². The molecular formula is C19H25O7P. The van der Waals surface area contributed by atoms with Gasteiger partial charge in [-0.25, -0.2) is 9.59 Å². The highest BCUT2D eigenvalue weighted by Gasteiger charge is 2.29. The molecule has 0 fully saturated rings. The first-order valence-electron chi connectivity index (χ1n) is 8.28. The van der Waals surface area contributed by atoms with Gasteiger partial charge >= 0.3 is 19.5 Å². The third-order valence-electron chi connectivity index (χ3n) is 3.26. The van der Waals surface area contributed by atoms with E-state index in [0.29, 0.717) is 5.30 Å². The third-order valence-corrected chi connectivity index (χ3v) is 5.40. The van der Waals surface area contributed by atoms with Gasteiger partial charge in [-0.1, -0.05) is 31.4 Å². The normalized spacial score (nSPS) is 10.9. The zero-order valence-electron chi connectivity index (χ0n) is 15.9. The fourth-order valence-electron chi connectivity index (χ4n) is 1.88. The summed E-state index contributed by atoms with van der Waals surface area (Å²) in [5, 5.41) is 0.391. The summed E-state index contributed by atoms with van der Waals surface area (Å²) in [6.45, 7) is 11.3. The summed E-state index contributed by atoms with van der Waals surface area (Å²) in [5.41, 5.74) is 1.24. The summed E-state index contributed by atoms with van der Waals surface area (Å²) in [5.74, 6) is -1.12. The number of esters is 2. The Morgan fingerprint density at radius 3 is 1.74 bits per heavy atom. The molecule has 0 atom stereocenters. The van der Waals surface area contributed by atoms with Gasteiger partial charge in [0.15, 0.2) is 0 Å². The molecule has 1 rings (SSSR count). The zero-order chi connectivity index (χ0) is 20.4. The van der Waals surface area contributed by atoms with Crippen molar-refractivity contribution in [3.05, 3.63) is 54.1 Å². The van der Waals surface area contributed by atoms with E-state index in [9.17, 15) is 14.2 Å². The Labute approximate surface area is 159 Å². The lowest BCUT2D eigenvalue weighted by atomic mass is 10.2. The number of ether oxygens (including phenoxy) is 2. The molecule has 0 radical (unpaired) electrons. The molecule has 7 nitrogen and oxygen atoms in total. The first kappa shape index (κ1) is 22.8. The Morgan fingerprint density at radius 1 is 0.889 bits per heavy atom. The van der Waals surface area contributed by atoms with Crippen LogP contribution in [0.25, 0.3) is 0 Å². The Balaban J connectivity index is 2.73. The number of benzene rings is 1. The molecule has 0 aliphatic heterocycles. The molecule has 0 aromatic heterocycles. The second kappa shape index (κ2) is 10.8. The fourth-order valence-corrected chi connectivity index (χ4v) is 3.63. The average Bonchev–Trinajstić information content (AvgIpc) is 2.62. The number of aryl methyl sites for hydroxylation is 1. The number of carbonyl (C=O) groups excluding carboxylic acids is 2. The van der Waals surface area contributed by atoms with Crippen LogP contribution in [0.4, 0.5) is 0 Å². The summed E-state index contributed by atoms with van der Waals surface area (Å²) >= 11 is 0. The van der Waals surface area contributed by atoms with Crippen molar-refractivity contribution >= 4 is 24.8 Å². The standard InChI is InChI=1S/C19H25O7P/c1-14(2)18(20)23-10-12-25-27(22,17-9-7-6-8-16(17)5)26-13-11-24-19(21)15(3)4/h6-9H,1,3,10-13H2,2,4-5H3. The monoisotopic (exact) mass is 396 g/mol. The highest BCUT2D eigenvalue weighted by Crippen LogP contribution is 2.47. The summed E-state index contributed by atoms with van der Waals surface area (Å²) in [6.07, 6.45) is 0. The first-order chi connectivity index (χ1) is 12.7. The van der Waals surface area contributed by atoms with Crippen molar-refractivity contribution < 1.29 is 32.7 Å². The molecule has 0 heterocycles. The van der Waals surface area contributed by atoms with Gasteiger partial charge in [-0.2, -0.15) is 0 Å². The van der Waals surface area contributed by atoms with Gasteiger partial charge in [-0.15, -0.1) is 0 Å². The Morgan fingerprint density at radius 2 is 1.33 bits per heavy atom. The summed E-state index contributed by atoms with van der Waals surface area (Å²) in [6, 6.07) is 6.92. The van der Waals surface area contributed by atoms with Crippen molar-refractivity contribution in [1.29, 1.82) is 0 Å². The summed E-state index contributed by atoms with van der Waals surface area (Å²) in [7, 11) is -3.70. The topological polar surface area (TPSA) is 88.1 Å². The van der Waals surface area contributed by atoms with Crippen LogP contribution in [-0.4, -0.2) is 38.4 Å². The van der Waals surface area contributed by atoms with E-state index in [1.54, 1.807) is 31.2 Å². The van der Waals surface area contributed by atoms with Crippen LogP contribution in [-0.2, 0) is 32.7 Å². The van der Waals surface area contributed by atoms with E-state index < -0.39 is 19.5 Å². The lowest BCUT2D eigenvalue weighted by molar-refractivity contribution is -0.140. The molecule has 0 aliphatic rings. The predicted octanol–water partition coefficient (Wildman–Crippen LogP) is 3.09. The number of hydrogen-bond donors (Lipinski definition) is 0. The van der Waals surface area contributed by atoms with Gasteiger partial charge < -0.3 is 18.5 Å². The van der Waals surface area contributed by atoms with E-state index >= 15 is 0 Å². The van der Waals surface area contributed by atoms with Gasteiger partial charge in [0, 0.05) is 11.1 Å². The van der Waals surface area contributed by atoms with Crippen LogP contribution in [0.3, 0.4) is 0 Å². The second-order valence-corrected chi connectivity index (χ2v) is 7.78. The highest BCUT2D eigenvalue weighted by atomic mass is 31.2. The van der Waals surface area contributed by atoms with E-state index in [1.807, 2.05) is 0 Å². The van der Waals surface area contributed by atoms with Gasteiger partial charge in [0.2, 0.25) is 0 Å². The number of carbonyl (C=O) groups is 2. The molecule has 0 saturated carbocycles. The quantitative estimate of drug-likeness (QED) is 0.246. The average molecular weight is 396 g/mol. The van der Waals surface area contributed by atoms with Crippen LogP contribution in [0.1, 0.15) is 19.4 Å². The van der Waals surface area contributed by atoms with Crippen molar-refractivity contribution in [2.24, 2.45) is 0 Å². The molecule has 0 aliphatic carbocycles. The van der Waals surface area contributed by atoms with Crippen molar-refractivity contribution in [3.63, 3.8) is 0 Å². The molecule has 0 unspecified atom stereocenters. The van der Waals surface area contributed by atoms with Crippen molar-refractivity contribution in [3.8, 4) is 0 Å². The first-order valence-corrected chi connectivity index (χ1v) is 9.82. The number of rotatable bonds is 11. The lowest BCUT2D eigenvalue weighted by Crippen LogP contribution is -2.19. The molecule has 0 spiro atoms. The lowest BCUT2D eigenvalue weighted by Gasteiger charge is -2.20. The van der Waals surface area contributed by atoms with E-state index in [-0.39, 0.29) is 37.6 Å². The summed E-state index contributed by atoms with van der Waals surface area (Å²) in [4.78, 5) is 22.8. The molecule has 1 aromatic rings. The molecule has 148 valence electrons. The minimum atomic E-state index is -3.70. The SMILES string of the molecule is C=C(C)C(=O)OCCOP(=O)(OCCOC(=O)C(=C)C)c1ccccc1C. The second-order valence-electron chi connectivity index (χ2n) is 5.78. The van der Waals surface area contributed by atoms with Gasteiger partial charge in [-0.05, 0) is 32.4 Å². The fraction of sp³-hybridized carbons (Fsp3) is 0.368. The molecule has 0 saturated heterocycles. The molecular weight excluding hydrogens is 371 g/mol. The Hall–Kier alpha value is -2.21. The molecule has 0 amide bonds. The predicted molar refractivity (Wildman–Crippen MR) is 102 cm³/mol. The van der Waals surface area contributed by atoms with Gasteiger partial charge in [0.05, 0.1) is 18.5 Å². The van der Waals surface area contributed by atoms with E-state index in [4.69, 9.17) is 18.5 Å². The van der Waals surface area contributed by atoms with Crippen LogP contribution >= 0.6 is 7.60 Å². The highest BCUT2D eigenvalue weighted by molar-refractivity contribution is 7.62. The van der Waals surface area contributed by atoms with Crippen molar-refractivity contribution in [2.75, 3.05) is 26.4 Å². The minimum Gasteiger partial charge on any atom is -0.460 e. The van der Waals surface area contributed by atoms with Gasteiger partial charge in [0.25, 0.3) is 0 Å². The minimum absolute atomic E-state index is 0.102. The third kappa shape index (κ3) is 7.51. The van der Waals surface area contributed by atoms with E-state index in [2.05, 4.69) is 13.2 Å². The maximum Gasteiger partial charge on any atom is 0.361 e. The van der Waals surface area contributed by atoms with E-state index in [1.165, 1.54) is 13.8 Å². The molecule has 0 N–H and O–H groups in total. The van der Waals surface area contributed by atoms with Crippen LogP contribution in [0.5, 0.6) is 0 Å². The van der Waals surface area contributed by atoms with Crippen molar-refractivity contribution in [1.82, 2.24) is 0 Å². The van der Waals surface area contributed by atoms with Gasteiger partial charge in [0.1, 0.15) is 13.2 Å². The van der Waals surface area contributed by atoms with Gasteiger partial charge in [-0.3, -0.25) is 4.57 Å². The van der Waals surface area contributed by atoms with Crippen molar-refractivity contribution in [2.45, 2.75) is 20.8 Å². The maximum atomic E-state index is 13.2. The van der Waals surface area contributed by atoms with Crippen LogP contribution in [0.2, 0.25) is 0 Å².